The minimum Gasteiger partial charge on any atom is -0.334 e. The summed E-state index contributed by atoms with van der Waals surface area (Å²) in [6.07, 6.45) is 3.28. The van der Waals surface area contributed by atoms with Crippen molar-refractivity contribution < 1.29 is 18.9 Å². The van der Waals surface area contributed by atoms with E-state index < -0.39 is 7.60 Å². The summed E-state index contributed by atoms with van der Waals surface area (Å²) in [5.41, 5.74) is 0. The van der Waals surface area contributed by atoms with Gasteiger partial charge in [-0.15, -0.1) is 0 Å². The van der Waals surface area contributed by atoms with Crippen LogP contribution < -0.4 is 5.32 Å². The smallest absolute Gasteiger partial charge is 0.334 e. The fourth-order valence-electron chi connectivity index (χ4n) is 1.80. The van der Waals surface area contributed by atoms with E-state index in [2.05, 4.69) is 5.32 Å². The van der Waals surface area contributed by atoms with Crippen LogP contribution in [0.15, 0.2) is 0 Å². The van der Waals surface area contributed by atoms with E-state index in [-0.39, 0.29) is 5.78 Å². The first-order chi connectivity index (χ1) is 6.73. The molecule has 0 aromatic carbocycles. The maximum atomic E-state index is 12.3. The molecule has 84 valence electrons. The standard InChI is InChI=1S/C9H20NO3P/c1-3-12-14(11,13-4-2)9-7-5-6-8-10-9/h9-10H,3-8H2,1-2H3/p+1/t9-/m1/s1. The second kappa shape index (κ2) is 5.86. The van der Waals surface area contributed by atoms with E-state index in [1.807, 2.05) is 13.8 Å². The molecule has 0 unspecified atom stereocenters. The summed E-state index contributed by atoms with van der Waals surface area (Å²) in [7, 11) is -2.85. The third kappa shape index (κ3) is 3.06. The molecule has 1 aliphatic rings. The van der Waals surface area contributed by atoms with Gasteiger partial charge in [0.05, 0.1) is 19.8 Å². The Morgan fingerprint density at radius 3 is 2.36 bits per heavy atom. The van der Waals surface area contributed by atoms with Crippen molar-refractivity contribution in [3.05, 3.63) is 0 Å². The zero-order valence-electron chi connectivity index (χ0n) is 9.07. The molecule has 14 heavy (non-hydrogen) atoms. The molecule has 1 fully saturated rings. The van der Waals surface area contributed by atoms with E-state index in [9.17, 15) is 4.57 Å². The van der Waals surface area contributed by atoms with Crippen LogP contribution in [0.1, 0.15) is 33.1 Å². The number of nitrogens with two attached hydrogens (primary N) is 1. The average molecular weight is 222 g/mol. The number of quaternary nitrogens is 1. The Labute approximate surface area is 85.9 Å². The normalized spacial score (nSPS) is 23.7. The van der Waals surface area contributed by atoms with Gasteiger partial charge < -0.3 is 14.4 Å². The molecule has 1 saturated heterocycles. The van der Waals surface area contributed by atoms with Gasteiger partial charge in [0.25, 0.3) is 0 Å². The van der Waals surface area contributed by atoms with E-state index in [1.54, 1.807) is 0 Å². The minimum absolute atomic E-state index is 0.0242. The van der Waals surface area contributed by atoms with Crippen LogP contribution in [0, 0.1) is 0 Å². The third-order valence-electron chi connectivity index (χ3n) is 2.42. The SMILES string of the molecule is CCOP(=O)(OCC)[C@@H]1CCCC[NH2+]1. The molecule has 1 heterocycles. The van der Waals surface area contributed by atoms with Gasteiger partial charge in [-0.2, -0.15) is 0 Å². The molecule has 0 bridgehead atoms. The van der Waals surface area contributed by atoms with Crippen LogP contribution in [0.3, 0.4) is 0 Å². The number of rotatable bonds is 5. The lowest BCUT2D eigenvalue weighted by atomic mass is 10.2. The molecule has 0 aromatic heterocycles. The van der Waals surface area contributed by atoms with Gasteiger partial charge in [-0.05, 0) is 26.7 Å². The molecule has 4 nitrogen and oxygen atoms in total. The summed E-state index contributed by atoms with van der Waals surface area (Å²) in [5.74, 6) is 0.0242. The van der Waals surface area contributed by atoms with Crippen molar-refractivity contribution in [2.45, 2.75) is 38.9 Å². The molecule has 1 rings (SSSR count). The van der Waals surface area contributed by atoms with Crippen molar-refractivity contribution in [2.75, 3.05) is 19.8 Å². The van der Waals surface area contributed by atoms with E-state index >= 15 is 0 Å². The molecule has 2 N–H and O–H groups in total. The second-order valence-corrected chi connectivity index (χ2v) is 5.72. The average Bonchev–Trinajstić information content (AvgIpc) is 2.20. The molecule has 0 amide bonds. The van der Waals surface area contributed by atoms with Gasteiger partial charge >= 0.3 is 7.60 Å². The Morgan fingerprint density at radius 1 is 1.29 bits per heavy atom. The summed E-state index contributed by atoms with van der Waals surface area (Å²) >= 11 is 0. The fourth-order valence-corrected chi connectivity index (χ4v) is 3.89. The topological polar surface area (TPSA) is 52.1 Å². The van der Waals surface area contributed by atoms with Gasteiger partial charge in [0, 0.05) is 6.42 Å². The quantitative estimate of drug-likeness (QED) is 0.714. The highest BCUT2D eigenvalue weighted by atomic mass is 31.2. The highest BCUT2D eigenvalue weighted by Gasteiger charge is 2.39. The minimum atomic E-state index is -2.85. The Morgan fingerprint density at radius 2 is 1.93 bits per heavy atom. The Hall–Kier alpha value is 0.110. The van der Waals surface area contributed by atoms with Gasteiger partial charge in [0.1, 0.15) is 0 Å². The molecular formula is C9H21NO3P+. The monoisotopic (exact) mass is 222 g/mol. The van der Waals surface area contributed by atoms with Crippen molar-refractivity contribution in [1.82, 2.24) is 0 Å². The van der Waals surface area contributed by atoms with Crippen LogP contribution in [-0.2, 0) is 13.6 Å². The van der Waals surface area contributed by atoms with Gasteiger partial charge in [-0.25, -0.2) is 0 Å². The van der Waals surface area contributed by atoms with Gasteiger partial charge in [-0.3, -0.25) is 4.57 Å². The first-order valence-electron chi connectivity index (χ1n) is 5.45. The van der Waals surface area contributed by atoms with Crippen LogP contribution >= 0.6 is 7.60 Å². The Bertz CT molecular complexity index is 194. The Kier molecular flexibility index (Phi) is 5.10. The number of hydrogen-bond acceptors (Lipinski definition) is 3. The zero-order chi connectivity index (χ0) is 10.4. The van der Waals surface area contributed by atoms with Crippen molar-refractivity contribution >= 4 is 7.60 Å². The van der Waals surface area contributed by atoms with Gasteiger partial charge in [0.15, 0.2) is 5.78 Å². The van der Waals surface area contributed by atoms with Crippen molar-refractivity contribution in [3.63, 3.8) is 0 Å². The van der Waals surface area contributed by atoms with Gasteiger partial charge in [-0.1, -0.05) is 0 Å². The summed E-state index contributed by atoms with van der Waals surface area (Å²) in [6, 6.07) is 0. The highest BCUT2D eigenvalue weighted by molar-refractivity contribution is 7.54. The van der Waals surface area contributed by atoms with Crippen molar-refractivity contribution in [3.8, 4) is 0 Å². The molecule has 0 aliphatic carbocycles. The molecule has 5 heteroatoms. The summed E-state index contributed by atoms with van der Waals surface area (Å²) < 4.78 is 22.9. The molecular weight excluding hydrogens is 201 g/mol. The lowest BCUT2D eigenvalue weighted by Gasteiger charge is -2.26. The highest BCUT2D eigenvalue weighted by Crippen LogP contribution is 2.52. The number of piperidine rings is 1. The fraction of sp³-hybridized carbons (Fsp3) is 1.00. The first kappa shape index (κ1) is 12.2. The van der Waals surface area contributed by atoms with Crippen molar-refractivity contribution in [1.29, 1.82) is 0 Å². The molecule has 0 radical (unpaired) electrons. The van der Waals surface area contributed by atoms with E-state index in [0.29, 0.717) is 13.2 Å². The van der Waals surface area contributed by atoms with E-state index in [1.165, 1.54) is 6.42 Å². The lowest BCUT2D eigenvalue weighted by Crippen LogP contribution is -2.91. The maximum absolute atomic E-state index is 12.3. The van der Waals surface area contributed by atoms with E-state index in [0.717, 1.165) is 19.4 Å². The lowest BCUT2D eigenvalue weighted by molar-refractivity contribution is -0.679. The largest absolute Gasteiger partial charge is 0.387 e. The summed E-state index contributed by atoms with van der Waals surface area (Å²) in [4.78, 5) is 0. The second-order valence-electron chi connectivity index (χ2n) is 3.46. The number of hydrogen-bond donors (Lipinski definition) is 1. The summed E-state index contributed by atoms with van der Waals surface area (Å²) in [6.45, 7) is 5.67. The predicted molar refractivity (Wildman–Crippen MR) is 55.3 cm³/mol. The Balaban J connectivity index is 2.59. The third-order valence-corrected chi connectivity index (χ3v) is 4.93. The predicted octanol–water partition coefficient (Wildman–Crippen LogP) is 1.33. The van der Waals surface area contributed by atoms with Crippen LogP contribution in [0.4, 0.5) is 0 Å². The maximum Gasteiger partial charge on any atom is 0.387 e. The van der Waals surface area contributed by atoms with Crippen LogP contribution in [0.2, 0.25) is 0 Å². The van der Waals surface area contributed by atoms with Crippen LogP contribution in [0.25, 0.3) is 0 Å². The van der Waals surface area contributed by atoms with Gasteiger partial charge in [0.2, 0.25) is 0 Å². The molecule has 0 spiro atoms. The van der Waals surface area contributed by atoms with E-state index in [4.69, 9.17) is 9.05 Å². The van der Waals surface area contributed by atoms with Crippen LogP contribution in [-0.4, -0.2) is 25.5 Å². The van der Waals surface area contributed by atoms with Crippen LogP contribution in [0.5, 0.6) is 0 Å². The molecule has 0 saturated carbocycles. The zero-order valence-corrected chi connectivity index (χ0v) is 9.96. The summed E-state index contributed by atoms with van der Waals surface area (Å²) in [5, 5.41) is 2.11. The first-order valence-corrected chi connectivity index (χ1v) is 7.06. The molecule has 1 atom stereocenters. The molecule has 0 aromatic rings. The molecule has 1 aliphatic heterocycles. The van der Waals surface area contributed by atoms with Crippen molar-refractivity contribution in [2.24, 2.45) is 0 Å².